The molecule has 0 heterocycles. The fourth-order valence-electron chi connectivity index (χ4n) is 0.991. The lowest BCUT2D eigenvalue weighted by atomic mass is 10.1. The summed E-state index contributed by atoms with van der Waals surface area (Å²) in [6, 6.07) is 0. The Bertz CT molecular complexity index is 372. The average molecular weight is 270 g/mol. The Morgan fingerprint density at radius 1 is 1.11 bits per heavy atom. The van der Waals surface area contributed by atoms with Crippen LogP contribution in [0.2, 0.25) is 0 Å². The Labute approximate surface area is 114 Å². The highest BCUT2D eigenvalue weighted by Gasteiger charge is 2.27. The summed E-state index contributed by atoms with van der Waals surface area (Å²) >= 11 is 0. The molecule has 0 aromatic carbocycles. The molecule has 1 atom stereocenters. The van der Waals surface area contributed by atoms with Gasteiger partial charge < -0.3 is 14.2 Å². The van der Waals surface area contributed by atoms with Crippen molar-refractivity contribution in [1.29, 1.82) is 0 Å². The number of ether oxygens (including phenoxy) is 3. The van der Waals surface area contributed by atoms with E-state index in [1.807, 2.05) is 6.92 Å². The van der Waals surface area contributed by atoms with Crippen molar-refractivity contribution >= 4 is 11.9 Å². The van der Waals surface area contributed by atoms with Crippen molar-refractivity contribution in [3.63, 3.8) is 0 Å². The van der Waals surface area contributed by atoms with Gasteiger partial charge in [-0.1, -0.05) is 20.1 Å². The molecule has 5 nitrogen and oxygen atoms in total. The first-order valence-electron chi connectivity index (χ1n) is 6.01. The van der Waals surface area contributed by atoms with E-state index in [1.165, 1.54) is 0 Å². The number of carbonyl (C=O) groups excluding carboxylic acids is 2. The summed E-state index contributed by atoms with van der Waals surface area (Å²) < 4.78 is 15.3. The van der Waals surface area contributed by atoms with Gasteiger partial charge in [0.25, 0.3) is 0 Å². The van der Waals surface area contributed by atoms with Crippen molar-refractivity contribution in [1.82, 2.24) is 0 Å². The first-order chi connectivity index (χ1) is 8.72. The summed E-state index contributed by atoms with van der Waals surface area (Å²) in [6.07, 6.45) is 0.570. The van der Waals surface area contributed by atoms with Gasteiger partial charge in [0.15, 0.2) is 6.79 Å². The Kier molecular flexibility index (Phi) is 7.08. The van der Waals surface area contributed by atoms with Crippen LogP contribution in [0.15, 0.2) is 24.3 Å². The number of hydrogen-bond acceptors (Lipinski definition) is 5. The second-order valence-corrected chi connectivity index (χ2v) is 4.65. The van der Waals surface area contributed by atoms with E-state index in [2.05, 4.69) is 13.2 Å². The SMILES string of the molecule is C=C(C)C(=O)OCOC[C@](C)(CC)OC(=O)C(=C)C. The molecular weight excluding hydrogens is 248 g/mol. The third-order valence-corrected chi connectivity index (χ3v) is 2.46. The standard InChI is InChI=1S/C14H22O5/c1-7-14(6,19-13(16)11(4)5)8-17-9-18-12(15)10(2)3/h2,4,7-9H2,1,3,5-6H3/t14-/m0/s1. The van der Waals surface area contributed by atoms with Crippen LogP contribution in [0.5, 0.6) is 0 Å². The van der Waals surface area contributed by atoms with E-state index >= 15 is 0 Å². The monoisotopic (exact) mass is 270 g/mol. The molecule has 0 N–H and O–H groups in total. The summed E-state index contributed by atoms with van der Waals surface area (Å²) in [5, 5.41) is 0. The van der Waals surface area contributed by atoms with E-state index in [1.54, 1.807) is 20.8 Å². The van der Waals surface area contributed by atoms with E-state index in [0.29, 0.717) is 17.6 Å². The van der Waals surface area contributed by atoms with Crippen molar-refractivity contribution in [2.75, 3.05) is 13.4 Å². The molecule has 0 aromatic rings. The van der Waals surface area contributed by atoms with Crippen LogP contribution in [0.25, 0.3) is 0 Å². The summed E-state index contributed by atoms with van der Waals surface area (Å²) in [5.41, 5.74) is -0.144. The number of carbonyl (C=O) groups is 2. The Morgan fingerprint density at radius 2 is 1.63 bits per heavy atom. The summed E-state index contributed by atoms with van der Waals surface area (Å²) in [4.78, 5) is 22.6. The molecule has 108 valence electrons. The minimum atomic E-state index is -0.772. The predicted molar refractivity (Wildman–Crippen MR) is 71.3 cm³/mol. The summed E-state index contributed by atoms with van der Waals surface area (Å²) in [5.74, 6) is -0.982. The van der Waals surface area contributed by atoms with Crippen LogP contribution in [0.3, 0.4) is 0 Å². The zero-order valence-corrected chi connectivity index (χ0v) is 12.1. The molecule has 0 amide bonds. The first kappa shape index (κ1) is 17.4. The smallest absolute Gasteiger partial charge is 0.335 e. The van der Waals surface area contributed by atoms with Crippen LogP contribution in [0, 0.1) is 0 Å². The van der Waals surface area contributed by atoms with Crippen LogP contribution in [0.4, 0.5) is 0 Å². The Morgan fingerprint density at radius 3 is 2.05 bits per heavy atom. The van der Waals surface area contributed by atoms with Crippen LogP contribution in [-0.4, -0.2) is 30.9 Å². The van der Waals surface area contributed by atoms with Gasteiger partial charge >= 0.3 is 11.9 Å². The van der Waals surface area contributed by atoms with Gasteiger partial charge in [0.05, 0.1) is 6.61 Å². The van der Waals surface area contributed by atoms with Gasteiger partial charge in [-0.15, -0.1) is 0 Å². The van der Waals surface area contributed by atoms with Crippen LogP contribution < -0.4 is 0 Å². The topological polar surface area (TPSA) is 61.8 Å². The van der Waals surface area contributed by atoms with Gasteiger partial charge in [-0.3, -0.25) is 0 Å². The maximum Gasteiger partial charge on any atom is 0.335 e. The molecule has 0 saturated heterocycles. The third kappa shape index (κ3) is 6.76. The van der Waals surface area contributed by atoms with Crippen LogP contribution in [-0.2, 0) is 23.8 Å². The minimum absolute atomic E-state index is 0.131. The molecule has 0 bridgehead atoms. The highest BCUT2D eigenvalue weighted by Crippen LogP contribution is 2.17. The molecule has 0 fully saturated rings. The van der Waals surface area contributed by atoms with Crippen molar-refractivity contribution in [2.24, 2.45) is 0 Å². The molecule has 0 aliphatic heterocycles. The second-order valence-electron chi connectivity index (χ2n) is 4.65. The van der Waals surface area contributed by atoms with Crippen molar-refractivity contribution in [2.45, 2.75) is 39.7 Å². The predicted octanol–water partition coefficient (Wildman–Crippen LogP) is 2.37. The van der Waals surface area contributed by atoms with E-state index < -0.39 is 17.5 Å². The molecule has 0 unspecified atom stereocenters. The zero-order valence-electron chi connectivity index (χ0n) is 12.1. The number of esters is 2. The molecule has 0 aliphatic rings. The quantitative estimate of drug-likeness (QED) is 0.293. The summed E-state index contributed by atoms with van der Waals surface area (Å²) in [6.45, 7) is 13.6. The molecule has 5 heteroatoms. The van der Waals surface area contributed by atoms with E-state index in [-0.39, 0.29) is 13.4 Å². The van der Waals surface area contributed by atoms with E-state index in [0.717, 1.165) is 0 Å². The molecular formula is C14H22O5. The fourth-order valence-corrected chi connectivity index (χ4v) is 0.991. The van der Waals surface area contributed by atoms with Gasteiger partial charge in [0, 0.05) is 11.1 Å². The molecule has 0 aliphatic carbocycles. The maximum atomic E-state index is 11.5. The van der Waals surface area contributed by atoms with E-state index in [4.69, 9.17) is 14.2 Å². The normalized spacial score (nSPS) is 13.3. The molecule has 0 rings (SSSR count). The van der Waals surface area contributed by atoms with Crippen LogP contribution >= 0.6 is 0 Å². The Balaban J connectivity index is 4.18. The lowest BCUT2D eigenvalue weighted by molar-refractivity contribution is -0.172. The van der Waals surface area contributed by atoms with E-state index in [9.17, 15) is 9.59 Å². The van der Waals surface area contributed by atoms with Gasteiger partial charge in [0.1, 0.15) is 5.60 Å². The van der Waals surface area contributed by atoms with Crippen LogP contribution in [0.1, 0.15) is 34.1 Å². The van der Waals surface area contributed by atoms with Crippen molar-refractivity contribution < 1.29 is 23.8 Å². The second kappa shape index (κ2) is 7.74. The van der Waals surface area contributed by atoms with Gasteiger partial charge in [-0.25, -0.2) is 9.59 Å². The first-order valence-corrected chi connectivity index (χ1v) is 6.01. The van der Waals surface area contributed by atoms with Gasteiger partial charge in [0.2, 0.25) is 0 Å². The fraction of sp³-hybridized carbons (Fsp3) is 0.571. The lowest BCUT2D eigenvalue weighted by Crippen LogP contribution is -2.36. The van der Waals surface area contributed by atoms with Gasteiger partial charge in [-0.05, 0) is 27.2 Å². The zero-order chi connectivity index (χ0) is 15.1. The highest BCUT2D eigenvalue weighted by atomic mass is 16.7. The molecule has 0 spiro atoms. The minimum Gasteiger partial charge on any atom is -0.454 e. The lowest BCUT2D eigenvalue weighted by Gasteiger charge is -2.28. The molecule has 19 heavy (non-hydrogen) atoms. The van der Waals surface area contributed by atoms with Crippen molar-refractivity contribution in [3.05, 3.63) is 24.3 Å². The molecule has 0 saturated carbocycles. The Hall–Kier alpha value is -1.62. The highest BCUT2D eigenvalue weighted by molar-refractivity contribution is 5.87. The number of rotatable bonds is 8. The maximum absolute atomic E-state index is 11.5. The third-order valence-electron chi connectivity index (χ3n) is 2.46. The van der Waals surface area contributed by atoms with Gasteiger partial charge in [-0.2, -0.15) is 0 Å². The molecule has 0 radical (unpaired) electrons. The molecule has 0 aromatic heterocycles. The summed E-state index contributed by atoms with van der Waals surface area (Å²) in [7, 11) is 0. The largest absolute Gasteiger partial charge is 0.454 e. The number of hydrogen-bond donors (Lipinski definition) is 0. The van der Waals surface area contributed by atoms with Crippen molar-refractivity contribution in [3.8, 4) is 0 Å². The average Bonchev–Trinajstić information content (AvgIpc) is 2.34.